The molecule has 0 aliphatic carbocycles. The zero-order valence-corrected chi connectivity index (χ0v) is 22.9. The SMILES string of the molecule is CCc1cc2c(C(=O)NC)c(-c3ccc(F)cc3)oc2nc1CN(CCOc1cccc(C(=O)OC)c1)S(=O)O. The molecule has 1 atom stereocenters. The lowest BCUT2D eigenvalue weighted by Gasteiger charge is -2.19. The van der Waals surface area contributed by atoms with Crippen molar-refractivity contribution in [2.45, 2.75) is 19.9 Å². The van der Waals surface area contributed by atoms with E-state index in [1.807, 2.05) is 6.92 Å². The van der Waals surface area contributed by atoms with Crippen LogP contribution in [0.5, 0.6) is 5.75 Å². The van der Waals surface area contributed by atoms with Gasteiger partial charge >= 0.3 is 5.97 Å². The summed E-state index contributed by atoms with van der Waals surface area (Å²) in [6.45, 7) is 2.02. The van der Waals surface area contributed by atoms with Crippen molar-refractivity contribution in [3.05, 3.63) is 82.8 Å². The van der Waals surface area contributed by atoms with Crippen molar-refractivity contribution in [1.82, 2.24) is 14.6 Å². The second-order valence-corrected chi connectivity index (χ2v) is 9.63. The minimum absolute atomic E-state index is 0.00429. The van der Waals surface area contributed by atoms with Crippen LogP contribution >= 0.6 is 0 Å². The number of carbonyl (C=O) groups excluding carboxylic acids is 2. The molecule has 4 rings (SSSR count). The van der Waals surface area contributed by atoms with Crippen molar-refractivity contribution in [3.8, 4) is 17.1 Å². The Labute approximate surface area is 232 Å². The van der Waals surface area contributed by atoms with Crippen molar-refractivity contribution in [2.24, 2.45) is 0 Å². The van der Waals surface area contributed by atoms with Gasteiger partial charge in [-0.2, -0.15) is 4.31 Å². The lowest BCUT2D eigenvalue weighted by atomic mass is 10.0. The number of fused-ring (bicyclic) bond motifs is 1. The first-order chi connectivity index (χ1) is 19.2. The molecule has 2 aromatic heterocycles. The molecule has 0 saturated carbocycles. The first-order valence-corrected chi connectivity index (χ1v) is 13.4. The summed E-state index contributed by atoms with van der Waals surface area (Å²) < 4.78 is 53.3. The van der Waals surface area contributed by atoms with Crippen LogP contribution in [0.4, 0.5) is 4.39 Å². The van der Waals surface area contributed by atoms with E-state index in [1.165, 1.54) is 48.8 Å². The summed E-state index contributed by atoms with van der Waals surface area (Å²) in [5.74, 6) is -0.664. The van der Waals surface area contributed by atoms with Gasteiger partial charge in [0, 0.05) is 19.2 Å². The van der Waals surface area contributed by atoms with E-state index in [9.17, 15) is 22.7 Å². The van der Waals surface area contributed by atoms with E-state index in [1.54, 1.807) is 24.3 Å². The van der Waals surface area contributed by atoms with Crippen LogP contribution in [0.15, 0.2) is 59.0 Å². The number of nitrogens with zero attached hydrogens (tertiary/aromatic N) is 2. The number of amides is 1. The summed E-state index contributed by atoms with van der Waals surface area (Å²) in [7, 11) is 2.78. The average Bonchev–Trinajstić information content (AvgIpc) is 3.33. The van der Waals surface area contributed by atoms with Crippen LogP contribution in [0, 0.1) is 5.82 Å². The van der Waals surface area contributed by atoms with Crippen LogP contribution in [0.2, 0.25) is 0 Å². The minimum Gasteiger partial charge on any atom is -0.492 e. The van der Waals surface area contributed by atoms with Crippen LogP contribution < -0.4 is 10.1 Å². The first-order valence-electron chi connectivity index (χ1n) is 12.4. The van der Waals surface area contributed by atoms with Gasteiger partial charge in [-0.1, -0.05) is 13.0 Å². The zero-order valence-electron chi connectivity index (χ0n) is 22.1. The van der Waals surface area contributed by atoms with Gasteiger partial charge in [0.15, 0.2) is 0 Å². The molecule has 2 N–H and O–H groups in total. The number of carbonyl (C=O) groups is 2. The molecule has 0 spiro atoms. The Morgan fingerprint density at radius 1 is 1.18 bits per heavy atom. The minimum atomic E-state index is -2.35. The molecule has 12 heteroatoms. The topological polar surface area (TPSA) is 131 Å². The summed E-state index contributed by atoms with van der Waals surface area (Å²) in [5.41, 5.74) is 2.51. The van der Waals surface area contributed by atoms with E-state index in [0.29, 0.717) is 34.4 Å². The van der Waals surface area contributed by atoms with Crippen molar-refractivity contribution >= 4 is 34.2 Å². The molecule has 0 saturated heterocycles. The van der Waals surface area contributed by atoms with E-state index in [4.69, 9.17) is 13.9 Å². The predicted molar refractivity (Wildman–Crippen MR) is 147 cm³/mol. The number of rotatable bonds is 11. The number of nitrogens with one attached hydrogen (secondary N) is 1. The van der Waals surface area contributed by atoms with Gasteiger partial charge in [-0.25, -0.2) is 18.4 Å². The molecule has 0 bridgehead atoms. The third-order valence-corrected chi connectivity index (χ3v) is 6.96. The molecule has 1 amide bonds. The Bertz CT molecular complexity index is 1560. The highest BCUT2D eigenvalue weighted by Crippen LogP contribution is 2.34. The van der Waals surface area contributed by atoms with Gasteiger partial charge in [0.2, 0.25) is 17.0 Å². The number of hydrogen-bond donors (Lipinski definition) is 2. The van der Waals surface area contributed by atoms with Gasteiger partial charge in [0.25, 0.3) is 5.91 Å². The third-order valence-electron chi connectivity index (χ3n) is 6.20. The van der Waals surface area contributed by atoms with Crippen LogP contribution in [-0.4, -0.2) is 57.2 Å². The number of methoxy groups -OCH3 is 1. The molecule has 0 aliphatic heterocycles. The number of hydrogen-bond acceptors (Lipinski definition) is 7. The Hall–Kier alpha value is -4.13. The summed E-state index contributed by atoms with van der Waals surface area (Å²) in [5, 5.41) is 3.08. The number of halogens is 1. The molecule has 1 unspecified atom stereocenters. The maximum atomic E-state index is 13.5. The zero-order chi connectivity index (χ0) is 28.8. The van der Waals surface area contributed by atoms with Gasteiger partial charge in [0.1, 0.15) is 23.9 Å². The van der Waals surface area contributed by atoms with Crippen molar-refractivity contribution in [2.75, 3.05) is 27.3 Å². The largest absolute Gasteiger partial charge is 0.492 e. The lowest BCUT2D eigenvalue weighted by Crippen LogP contribution is -2.30. The van der Waals surface area contributed by atoms with Crippen molar-refractivity contribution < 1.29 is 36.6 Å². The highest BCUT2D eigenvalue weighted by Gasteiger charge is 2.25. The van der Waals surface area contributed by atoms with E-state index >= 15 is 0 Å². The second kappa shape index (κ2) is 12.8. The summed E-state index contributed by atoms with van der Waals surface area (Å²) in [4.78, 5) is 29.2. The number of pyridine rings is 1. The number of aryl methyl sites for hydroxylation is 1. The van der Waals surface area contributed by atoms with E-state index in [0.717, 1.165) is 5.56 Å². The number of furan rings is 1. The van der Waals surface area contributed by atoms with Crippen molar-refractivity contribution in [1.29, 1.82) is 0 Å². The summed E-state index contributed by atoms with van der Waals surface area (Å²) in [6.07, 6.45) is 0.533. The van der Waals surface area contributed by atoms with E-state index in [-0.39, 0.29) is 42.6 Å². The standard InChI is InChI=1S/C28H28FN3O7S/c1-4-17-15-22-24(26(33)30-2)25(18-8-10-20(29)11-9-18)39-27(22)31-23(17)16-32(40(35)36)12-13-38-21-7-5-6-19(14-21)28(34)37-3/h5-11,14-15H,4,12-13,16H2,1-3H3,(H,30,33)(H,35,36). The summed E-state index contributed by atoms with van der Waals surface area (Å²) >= 11 is -2.35. The Kier molecular flexibility index (Phi) is 9.25. The Morgan fingerprint density at radius 3 is 2.58 bits per heavy atom. The van der Waals surface area contributed by atoms with Gasteiger partial charge in [0.05, 0.1) is 35.9 Å². The quantitative estimate of drug-likeness (QED) is 0.201. The fourth-order valence-corrected chi connectivity index (χ4v) is 4.64. The second-order valence-electron chi connectivity index (χ2n) is 8.65. The molecule has 0 radical (unpaired) electrons. The molecule has 40 heavy (non-hydrogen) atoms. The lowest BCUT2D eigenvalue weighted by molar-refractivity contribution is 0.0600. The monoisotopic (exact) mass is 569 g/mol. The van der Waals surface area contributed by atoms with E-state index in [2.05, 4.69) is 10.3 Å². The van der Waals surface area contributed by atoms with Crippen LogP contribution in [0.25, 0.3) is 22.4 Å². The highest BCUT2D eigenvalue weighted by molar-refractivity contribution is 7.76. The van der Waals surface area contributed by atoms with Crippen LogP contribution in [-0.2, 0) is 29.0 Å². The van der Waals surface area contributed by atoms with Gasteiger partial charge in [-0.15, -0.1) is 0 Å². The van der Waals surface area contributed by atoms with Crippen molar-refractivity contribution in [3.63, 3.8) is 0 Å². The maximum Gasteiger partial charge on any atom is 0.337 e. The van der Waals surface area contributed by atoms with E-state index < -0.39 is 23.1 Å². The Morgan fingerprint density at radius 2 is 1.93 bits per heavy atom. The molecule has 2 aromatic carbocycles. The molecule has 210 valence electrons. The number of benzene rings is 2. The third kappa shape index (κ3) is 6.36. The molecule has 0 aliphatic rings. The molecule has 2 heterocycles. The molecule has 10 nitrogen and oxygen atoms in total. The smallest absolute Gasteiger partial charge is 0.337 e. The fraction of sp³-hybridized carbons (Fsp3) is 0.250. The van der Waals surface area contributed by atoms with Gasteiger partial charge < -0.3 is 19.2 Å². The summed E-state index contributed by atoms with van der Waals surface area (Å²) in [6, 6.07) is 13.8. The molecule has 0 fully saturated rings. The molecular weight excluding hydrogens is 541 g/mol. The number of ether oxygens (including phenoxy) is 2. The fourth-order valence-electron chi connectivity index (χ4n) is 4.17. The van der Waals surface area contributed by atoms with Gasteiger partial charge in [-0.3, -0.25) is 9.35 Å². The average molecular weight is 570 g/mol. The molecule has 4 aromatic rings. The number of aromatic nitrogens is 1. The maximum absolute atomic E-state index is 13.5. The van der Waals surface area contributed by atoms with Gasteiger partial charge in [-0.05, 0) is 60.5 Å². The predicted octanol–water partition coefficient (Wildman–Crippen LogP) is 4.36. The van der Waals surface area contributed by atoms with Crippen LogP contribution in [0.3, 0.4) is 0 Å². The van der Waals surface area contributed by atoms with Crippen LogP contribution in [0.1, 0.15) is 38.9 Å². The highest BCUT2D eigenvalue weighted by atomic mass is 32.2. The molecular formula is C28H28FN3O7S. The first kappa shape index (κ1) is 28.9. The Balaban J connectivity index is 1.61. The normalized spacial score (nSPS) is 11.9. The number of esters is 1.